The minimum Gasteiger partial charge on any atom is -0.380 e. The zero-order chi connectivity index (χ0) is 11.4. The van der Waals surface area contributed by atoms with Gasteiger partial charge in [0.25, 0.3) is 0 Å². The summed E-state index contributed by atoms with van der Waals surface area (Å²) in [4.78, 5) is 2.61. The van der Waals surface area contributed by atoms with Crippen LogP contribution in [0.5, 0.6) is 0 Å². The van der Waals surface area contributed by atoms with E-state index in [2.05, 4.69) is 11.2 Å². The van der Waals surface area contributed by atoms with Crippen LogP contribution in [0.3, 0.4) is 0 Å². The van der Waals surface area contributed by atoms with Crippen LogP contribution in [-0.4, -0.2) is 54.8 Å². The van der Waals surface area contributed by atoms with Crippen molar-refractivity contribution in [3.05, 3.63) is 0 Å². The van der Waals surface area contributed by atoms with Crippen LogP contribution < -0.4 is 5.73 Å². The number of hydrogen-bond donors (Lipinski definition) is 1. The zero-order valence-electron chi connectivity index (χ0n) is 10.3. The monoisotopic (exact) mass is 244 g/mol. The van der Waals surface area contributed by atoms with E-state index in [-0.39, 0.29) is 0 Å². The van der Waals surface area contributed by atoms with Crippen LogP contribution in [0.25, 0.3) is 0 Å². The van der Waals surface area contributed by atoms with Gasteiger partial charge in [-0.2, -0.15) is 11.8 Å². The molecule has 94 valence electrons. The molecule has 2 rings (SSSR count). The molecule has 0 saturated carbocycles. The number of hydrogen-bond acceptors (Lipinski definition) is 4. The Balaban J connectivity index is 1.84. The molecular weight excluding hydrogens is 220 g/mol. The second-order valence-corrected chi connectivity index (χ2v) is 6.27. The summed E-state index contributed by atoms with van der Waals surface area (Å²) in [6.07, 6.45) is 7.22. The molecule has 2 N–H and O–H groups in total. The Kier molecular flexibility index (Phi) is 4.53. The highest BCUT2D eigenvalue weighted by Crippen LogP contribution is 2.34. The van der Waals surface area contributed by atoms with Crippen LogP contribution in [-0.2, 0) is 4.74 Å². The van der Waals surface area contributed by atoms with Crippen molar-refractivity contribution >= 4 is 11.8 Å². The van der Waals surface area contributed by atoms with E-state index in [1.807, 2.05) is 11.8 Å². The van der Waals surface area contributed by atoms with Gasteiger partial charge in [-0.15, -0.1) is 0 Å². The Morgan fingerprint density at radius 1 is 1.44 bits per heavy atom. The first-order valence-corrected chi connectivity index (χ1v) is 7.59. The molecule has 2 heterocycles. The molecule has 4 heteroatoms. The normalized spacial score (nSPS) is 31.5. The fourth-order valence-corrected chi connectivity index (χ4v) is 3.56. The summed E-state index contributed by atoms with van der Waals surface area (Å²) in [6, 6.07) is 0.673. The molecule has 0 aromatic carbocycles. The predicted molar refractivity (Wildman–Crippen MR) is 69.9 cm³/mol. The molecule has 2 aliphatic heterocycles. The average Bonchev–Trinajstić information content (AvgIpc) is 2.40. The van der Waals surface area contributed by atoms with Gasteiger partial charge in [-0.05, 0) is 45.0 Å². The van der Waals surface area contributed by atoms with Gasteiger partial charge in [-0.25, -0.2) is 0 Å². The lowest BCUT2D eigenvalue weighted by Gasteiger charge is -2.44. The van der Waals surface area contributed by atoms with Crippen molar-refractivity contribution in [1.29, 1.82) is 0 Å². The fraction of sp³-hybridized carbons (Fsp3) is 1.00. The minimum absolute atomic E-state index is 0.353. The highest BCUT2D eigenvalue weighted by molar-refractivity contribution is 8.00. The van der Waals surface area contributed by atoms with Crippen molar-refractivity contribution in [3.8, 4) is 0 Å². The molecule has 0 aromatic heterocycles. The van der Waals surface area contributed by atoms with Crippen molar-refractivity contribution in [1.82, 2.24) is 4.90 Å². The van der Waals surface area contributed by atoms with Crippen molar-refractivity contribution in [2.75, 3.05) is 39.1 Å². The first-order valence-electron chi connectivity index (χ1n) is 6.37. The number of likely N-dealkylation sites (tertiary alicyclic amines) is 1. The Morgan fingerprint density at radius 2 is 2.19 bits per heavy atom. The molecule has 16 heavy (non-hydrogen) atoms. The summed E-state index contributed by atoms with van der Waals surface area (Å²) in [5.74, 6) is 0. The topological polar surface area (TPSA) is 38.5 Å². The second kappa shape index (κ2) is 5.71. The van der Waals surface area contributed by atoms with Crippen molar-refractivity contribution in [3.63, 3.8) is 0 Å². The number of ether oxygens (including phenoxy) is 1. The standard InChI is InChI=1S/C12H24N2OS/c1-16-12(10-13)4-6-14(7-5-12)11-3-2-8-15-9-11/h11H,2-10,13H2,1H3. The second-order valence-electron chi connectivity index (χ2n) is 5.00. The Morgan fingerprint density at radius 3 is 2.69 bits per heavy atom. The van der Waals surface area contributed by atoms with Crippen molar-refractivity contribution < 1.29 is 4.74 Å². The van der Waals surface area contributed by atoms with Gasteiger partial charge in [-0.1, -0.05) is 0 Å². The first-order chi connectivity index (χ1) is 7.79. The van der Waals surface area contributed by atoms with Crippen LogP contribution in [0, 0.1) is 0 Å². The van der Waals surface area contributed by atoms with E-state index in [0.717, 1.165) is 19.8 Å². The van der Waals surface area contributed by atoms with Gasteiger partial charge in [0.15, 0.2) is 0 Å². The summed E-state index contributed by atoms with van der Waals surface area (Å²) in [5.41, 5.74) is 5.91. The van der Waals surface area contributed by atoms with E-state index in [9.17, 15) is 0 Å². The molecule has 0 aliphatic carbocycles. The Hall–Kier alpha value is 0.230. The number of piperidine rings is 1. The first kappa shape index (κ1) is 12.7. The van der Waals surface area contributed by atoms with Crippen molar-refractivity contribution in [2.45, 2.75) is 36.5 Å². The molecule has 0 radical (unpaired) electrons. The summed E-state index contributed by atoms with van der Waals surface area (Å²) in [7, 11) is 0. The van der Waals surface area contributed by atoms with E-state index in [0.29, 0.717) is 10.8 Å². The van der Waals surface area contributed by atoms with Gasteiger partial charge >= 0.3 is 0 Å². The molecule has 2 fully saturated rings. The minimum atomic E-state index is 0.353. The lowest BCUT2D eigenvalue weighted by atomic mass is 9.94. The third-order valence-electron chi connectivity index (χ3n) is 4.17. The number of nitrogens with two attached hydrogens (primary N) is 1. The highest BCUT2D eigenvalue weighted by atomic mass is 32.2. The Labute approximate surface area is 103 Å². The lowest BCUT2D eigenvalue weighted by molar-refractivity contribution is 0.00774. The van der Waals surface area contributed by atoms with Gasteiger partial charge in [0.2, 0.25) is 0 Å². The van der Waals surface area contributed by atoms with Crippen LogP contribution in [0.4, 0.5) is 0 Å². The van der Waals surface area contributed by atoms with Gasteiger partial charge in [0, 0.05) is 23.9 Å². The molecule has 2 saturated heterocycles. The molecule has 0 amide bonds. The summed E-state index contributed by atoms with van der Waals surface area (Å²) in [5, 5.41) is 0. The van der Waals surface area contributed by atoms with Gasteiger partial charge in [0.05, 0.1) is 6.61 Å². The van der Waals surface area contributed by atoms with Crippen molar-refractivity contribution in [2.24, 2.45) is 5.73 Å². The predicted octanol–water partition coefficient (Wildman–Crippen LogP) is 1.32. The molecule has 1 atom stereocenters. The fourth-order valence-electron chi connectivity index (χ4n) is 2.80. The molecule has 0 bridgehead atoms. The van der Waals surface area contributed by atoms with Crippen LogP contribution >= 0.6 is 11.8 Å². The third-order valence-corrected chi connectivity index (χ3v) is 5.61. The quantitative estimate of drug-likeness (QED) is 0.813. The molecule has 0 spiro atoms. The smallest absolute Gasteiger partial charge is 0.0621 e. The van der Waals surface area contributed by atoms with Crippen LogP contribution in [0.1, 0.15) is 25.7 Å². The average molecular weight is 244 g/mol. The molecule has 2 aliphatic rings. The van der Waals surface area contributed by atoms with Gasteiger partial charge in [-0.3, -0.25) is 4.90 Å². The van der Waals surface area contributed by atoms with Gasteiger partial charge < -0.3 is 10.5 Å². The summed E-state index contributed by atoms with van der Waals surface area (Å²) >= 11 is 1.96. The largest absolute Gasteiger partial charge is 0.380 e. The third kappa shape index (κ3) is 2.73. The summed E-state index contributed by atoms with van der Waals surface area (Å²) < 4.78 is 5.92. The van der Waals surface area contributed by atoms with E-state index < -0.39 is 0 Å². The highest BCUT2D eigenvalue weighted by Gasteiger charge is 2.35. The molecule has 3 nitrogen and oxygen atoms in total. The maximum Gasteiger partial charge on any atom is 0.0621 e. The lowest BCUT2D eigenvalue weighted by Crippen LogP contribution is -2.51. The van der Waals surface area contributed by atoms with E-state index in [1.54, 1.807) is 0 Å². The SMILES string of the molecule is CSC1(CN)CCN(C2CCCOC2)CC1. The maximum absolute atomic E-state index is 5.91. The van der Waals surface area contributed by atoms with Crippen LogP contribution in [0.15, 0.2) is 0 Å². The number of rotatable bonds is 3. The number of nitrogens with zero attached hydrogens (tertiary/aromatic N) is 1. The van der Waals surface area contributed by atoms with Crippen LogP contribution in [0.2, 0.25) is 0 Å². The maximum atomic E-state index is 5.91. The molecule has 1 unspecified atom stereocenters. The Bertz CT molecular complexity index is 205. The number of thioether (sulfide) groups is 1. The van der Waals surface area contributed by atoms with E-state index in [4.69, 9.17) is 10.5 Å². The van der Waals surface area contributed by atoms with Gasteiger partial charge in [0.1, 0.15) is 0 Å². The van der Waals surface area contributed by atoms with E-state index in [1.165, 1.54) is 38.8 Å². The summed E-state index contributed by atoms with van der Waals surface area (Å²) in [6.45, 7) is 5.12. The van der Waals surface area contributed by atoms with E-state index >= 15 is 0 Å². The molecule has 0 aromatic rings. The zero-order valence-corrected chi connectivity index (χ0v) is 11.1. The molecular formula is C12H24N2OS.